The second kappa shape index (κ2) is 6.97. The van der Waals surface area contributed by atoms with Crippen LogP contribution in [0.5, 0.6) is 0 Å². The van der Waals surface area contributed by atoms with E-state index >= 15 is 0 Å². The van der Waals surface area contributed by atoms with Crippen LogP contribution in [0.15, 0.2) is 58.1 Å². The molecule has 134 valence electrons. The van der Waals surface area contributed by atoms with Crippen LogP contribution in [0.1, 0.15) is 5.56 Å². The number of fused-ring (bicyclic) bond motifs is 1. The summed E-state index contributed by atoms with van der Waals surface area (Å²) in [6.07, 6.45) is 0.303. The lowest BCUT2D eigenvalue weighted by molar-refractivity contribution is -0.142. The average molecular weight is 353 g/mol. The van der Waals surface area contributed by atoms with E-state index in [0.717, 1.165) is 10.1 Å². The van der Waals surface area contributed by atoms with Crippen molar-refractivity contribution < 1.29 is 9.53 Å². The molecule has 0 radical (unpaired) electrons. The van der Waals surface area contributed by atoms with Crippen molar-refractivity contribution in [3.63, 3.8) is 0 Å². The van der Waals surface area contributed by atoms with Crippen molar-refractivity contribution in [2.45, 2.75) is 12.5 Å². The fourth-order valence-corrected chi connectivity index (χ4v) is 2.90. The van der Waals surface area contributed by atoms with Gasteiger partial charge in [-0.25, -0.2) is 9.36 Å². The Morgan fingerprint density at radius 1 is 1.12 bits per heavy atom. The molecule has 1 heterocycles. The van der Waals surface area contributed by atoms with Gasteiger partial charge in [0.1, 0.15) is 6.04 Å². The van der Waals surface area contributed by atoms with Gasteiger partial charge in [-0.05, 0) is 36.2 Å². The van der Waals surface area contributed by atoms with Gasteiger partial charge in [0, 0.05) is 7.05 Å². The molecule has 0 fully saturated rings. The number of nitrogens with zero attached hydrogens (tertiary/aromatic N) is 2. The number of ether oxygens (including phenoxy) is 1. The molecule has 0 saturated heterocycles. The molecule has 0 aliphatic carbocycles. The number of hydrogen-bond acceptors (Lipinski definition) is 5. The van der Waals surface area contributed by atoms with E-state index in [1.54, 1.807) is 55.6 Å². The highest BCUT2D eigenvalue weighted by molar-refractivity contribution is 5.78. The van der Waals surface area contributed by atoms with Crippen LogP contribution in [-0.4, -0.2) is 28.3 Å². The van der Waals surface area contributed by atoms with E-state index in [9.17, 15) is 14.4 Å². The molecule has 0 aliphatic heterocycles. The molecule has 0 saturated carbocycles. The van der Waals surface area contributed by atoms with Gasteiger partial charge in [-0.3, -0.25) is 14.2 Å². The molecule has 0 aliphatic rings. The Morgan fingerprint density at radius 3 is 2.42 bits per heavy atom. The molecule has 1 atom stereocenters. The highest BCUT2D eigenvalue weighted by Gasteiger charge is 2.15. The molecule has 3 aromatic rings. The fraction of sp³-hybridized carbons (Fsp3) is 0.211. The van der Waals surface area contributed by atoms with Gasteiger partial charge in [-0.2, -0.15) is 0 Å². The number of carbonyl (C=O) groups excluding carboxylic acids is 1. The number of para-hydroxylation sites is 1. The van der Waals surface area contributed by atoms with Crippen LogP contribution in [-0.2, 0) is 23.0 Å². The first-order valence-electron chi connectivity index (χ1n) is 8.07. The molecule has 0 bridgehead atoms. The summed E-state index contributed by atoms with van der Waals surface area (Å²) in [7, 11) is 2.91. The lowest BCUT2D eigenvalue weighted by atomic mass is 10.1. The van der Waals surface area contributed by atoms with Gasteiger partial charge in [0.25, 0.3) is 5.56 Å². The summed E-state index contributed by atoms with van der Waals surface area (Å²) in [6.45, 7) is 0. The second-order valence-corrected chi connectivity index (χ2v) is 6.00. The Labute approximate surface area is 149 Å². The summed E-state index contributed by atoms with van der Waals surface area (Å²) < 4.78 is 7.18. The summed E-state index contributed by atoms with van der Waals surface area (Å²) in [5, 5.41) is 0.464. The predicted molar refractivity (Wildman–Crippen MR) is 98.5 cm³/mol. The molecule has 2 N–H and O–H groups in total. The largest absolute Gasteiger partial charge is 0.468 e. The van der Waals surface area contributed by atoms with Crippen molar-refractivity contribution in [1.82, 2.24) is 9.13 Å². The first kappa shape index (κ1) is 17.6. The normalized spacial score (nSPS) is 12.1. The number of aromatic nitrogens is 2. The molecule has 7 heteroatoms. The number of benzene rings is 2. The maximum atomic E-state index is 12.8. The third-order valence-electron chi connectivity index (χ3n) is 4.33. The number of methoxy groups -OCH3 is 1. The first-order chi connectivity index (χ1) is 12.4. The van der Waals surface area contributed by atoms with Gasteiger partial charge in [0.15, 0.2) is 0 Å². The number of aryl methyl sites for hydroxylation is 1. The molecule has 1 aromatic heterocycles. The summed E-state index contributed by atoms with van der Waals surface area (Å²) in [5.41, 5.74) is 6.80. The van der Waals surface area contributed by atoms with Crippen LogP contribution in [0.3, 0.4) is 0 Å². The number of esters is 1. The monoisotopic (exact) mass is 353 g/mol. The van der Waals surface area contributed by atoms with Gasteiger partial charge >= 0.3 is 11.7 Å². The Morgan fingerprint density at radius 2 is 1.77 bits per heavy atom. The number of carbonyl (C=O) groups is 1. The summed E-state index contributed by atoms with van der Waals surface area (Å²) in [6, 6.07) is 13.0. The van der Waals surface area contributed by atoms with Crippen LogP contribution in [0.25, 0.3) is 16.6 Å². The number of hydrogen-bond donors (Lipinski definition) is 1. The molecule has 0 spiro atoms. The summed E-state index contributed by atoms with van der Waals surface area (Å²) in [5.74, 6) is -0.492. The SMILES string of the molecule is COC(=O)[C@@H](N)Cc1ccc(-n2c(=O)c3ccccc3n(C)c2=O)cc1. The Bertz CT molecular complexity index is 1080. The van der Waals surface area contributed by atoms with Crippen molar-refractivity contribution in [2.75, 3.05) is 7.11 Å². The van der Waals surface area contributed by atoms with Gasteiger partial charge in [0.05, 0.1) is 23.7 Å². The van der Waals surface area contributed by atoms with Crippen molar-refractivity contribution in [2.24, 2.45) is 12.8 Å². The molecule has 0 unspecified atom stereocenters. The lowest BCUT2D eigenvalue weighted by Crippen LogP contribution is -2.37. The zero-order chi connectivity index (χ0) is 18.8. The van der Waals surface area contributed by atoms with Crippen LogP contribution < -0.4 is 17.0 Å². The number of nitrogens with two attached hydrogens (primary N) is 1. The van der Waals surface area contributed by atoms with E-state index in [2.05, 4.69) is 4.74 Å². The quantitative estimate of drug-likeness (QED) is 0.698. The van der Waals surface area contributed by atoms with Crippen molar-refractivity contribution in [3.8, 4) is 5.69 Å². The van der Waals surface area contributed by atoms with Crippen molar-refractivity contribution in [1.29, 1.82) is 0 Å². The molecule has 2 aromatic carbocycles. The molecule has 7 nitrogen and oxygen atoms in total. The second-order valence-electron chi connectivity index (χ2n) is 6.00. The molecule has 3 rings (SSSR count). The molecule has 0 amide bonds. The van der Waals surface area contributed by atoms with Crippen LogP contribution >= 0.6 is 0 Å². The zero-order valence-corrected chi connectivity index (χ0v) is 14.5. The van der Waals surface area contributed by atoms with Gasteiger partial charge in [0.2, 0.25) is 0 Å². The van der Waals surface area contributed by atoms with Crippen molar-refractivity contribution in [3.05, 3.63) is 74.9 Å². The topological polar surface area (TPSA) is 96.3 Å². The van der Waals surface area contributed by atoms with E-state index in [4.69, 9.17) is 5.73 Å². The van der Waals surface area contributed by atoms with Gasteiger partial charge in [-0.15, -0.1) is 0 Å². The third kappa shape index (κ3) is 3.04. The van der Waals surface area contributed by atoms with Gasteiger partial charge < -0.3 is 10.5 Å². The maximum Gasteiger partial charge on any atom is 0.335 e. The minimum atomic E-state index is -0.762. The highest BCUT2D eigenvalue weighted by Crippen LogP contribution is 2.11. The molecular weight excluding hydrogens is 334 g/mol. The summed E-state index contributed by atoms with van der Waals surface area (Å²) in [4.78, 5) is 36.8. The fourth-order valence-electron chi connectivity index (χ4n) is 2.90. The summed E-state index contributed by atoms with van der Waals surface area (Å²) >= 11 is 0. The predicted octanol–water partition coefficient (Wildman–Crippen LogP) is 0.732. The van der Waals surface area contributed by atoms with E-state index in [1.807, 2.05) is 0 Å². The van der Waals surface area contributed by atoms with E-state index in [1.165, 1.54) is 11.7 Å². The average Bonchev–Trinajstić information content (AvgIpc) is 2.67. The van der Waals surface area contributed by atoms with Crippen molar-refractivity contribution >= 4 is 16.9 Å². The van der Waals surface area contributed by atoms with Crippen LogP contribution in [0.2, 0.25) is 0 Å². The van der Waals surface area contributed by atoms with E-state index < -0.39 is 17.7 Å². The van der Waals surface area contributed by atoms with Crippen LogP contribution in [0.4, 0.5) is 0 Å². The minimum Gasteiger partial charge on any atom is -0.468 e. The first-order valence-corrected chi connectivity index (χ1v) is 8.07. The van der Waals surface area contributed by atoms with Crippen LogP contribution in [0, 0.1) is 0 Å². The standard InChI is InChI=1S/C19H19N3O4/c1-21-16-6-4-3-5-14(16)17(23)22(19(21)25)13-9-7-12(8-10-13)11-15(20)18(24)26-2/h3-10,15H,11,20H2,1-2H3/t15-/m0/s1. The Balaban J connectivity index is 2.04. The maximum absolute atomic E-state index is 12.8. The third-order valence-corrected chi connectivity index (χ3v) is 4.33. The zero-order valence-electron chi connectivity index (χ0n) is 14.5. The molecular formula is C19H19N3O4. The van der Waals surface area contributed by atoms with Gasteiger partial charge in [-0.1, -0.05) is 24.3 Å². The number of rotatable bonds is 4. The lowest BCUT2D eigenvalue weighted by Gasteiger charge is -2.12. The minimum absolute atomic E-state index is 0.303. The Hall–Kier alpha value is -3.19. The van der Waals surface area contributed by atoms with E-state index in [0.29, 0.717) is 23.0 Å². The Kier molecular flexibility index (Phi) is 4.73. The smallest absolute Gasteiger partial charge is 0.335 e. The highest BCUT2D eigenvalue weighted by atomic mass is 16.5. The van der Waals surface area contributed by atoms with E-state index in [-0.39, 0.29) is 5.56 Å². The molecule has 26 heavy (non-hydrogen) atoms.